The third-order valence-corrected chi connectivity index (χ3v) is 6.20. The number of rotatable bonds is 7. The molecule has 182 valence electrons. The lowest BCUT2D eigenvalue weighted by atomic mass is 10.1. The lowest BCUT2D eigenvalue weighted by Crippen LogP contribution is -2.45. The molecule has 0 radical (unpaired) electrons. The van der Waals surface area contributed by atoms with Gasteiger partial charge in [0.15, 0.2) is 5.11 Å². The van der Waals surface area contributed by atoms with E-state index in [0.717, 1.165) is 38.4 Å². The number of benzene rings is 3. The molecular formula is C27H30N4O3S. The predicted octanol–water partition coefficient (Wildman–Crippen LogP) is 4.15. The minimum Gasteiger partial charge on any atom is -0.496 e. The Balaban J connectivity index is 1.29. The lowest BCUT2D eigenvalue weighted by molar-refractivity contribution is 0.0971. The number of anilines is 2. The van der Waals surface area contributed by atoms with Crippen LogP contribution in [0.3, 0.4) is 0 Å². The second-order valence-electron chi connectivity index (χ2n) is 8.24. The normalized spacial score (nSPS) is 13.7. The van der Waals surface area contributed by atoms with E-state index in [0.29, 0.717) is 17.1 Å². The average Bonchev–Trinajstić information content (AvgIpc) is 2.89. The highest BCUT2D eigenvalue weighted by molar-refractivity contribution is 7.80. The number of nitrogens with one attached hydrogen (secondary N) is 2. The van der Waals surface area contributed by atoms with Crippen molar-refractivity contribution in [1.82, 2.24) is 10.2 Å². The van der Waals surface area contributed by atoms with Gasteiger partial charge in [0.25, 0.3) is 5.91 Å². The molecule has 0 aliphatic carbocycles. The van der Waals surface area contributed by atoms with Gasteiger partial charge < -0.3 is 19.7 Å². The maximum atomic E-state index is 12.8. The van der Waals surface area contributed by atoms with Gasteiger partial charge in [-0.25, -0.2) is 0 Å². The van der Waals surface area contributed by atoms with Crippen molar-refractivity contribution in [3.63, 3.8) is 0 Å². The molecule has 0 bridgehead atoms. The SMILES string of the molecule is COc1cccc(OC)c1C(=O)NC(=S)Nc1ccc(N2CCN(Cc3ccccc3)CC2)cc1. The first kappa shape index (κ1) is 24.5. The molecule has 1 saturated heterocycles. The maximum Gasteiger partial charge on any atom is 0.264 e. The van der Waals surface area contributed by atoms with Crippen molar-refractivity contribution in [1.29, 1.82) is 0 Å². The number of ether oxygens (including phenoxy) is 2. The van der Waals surface area contributed by atoms with E-state index in [-0.39, 0.29) is 5.11 Å². The van der Waals surface area contributed by atoms with E-state index < -0.39 is 5.91 Å². The highest BCUT2D eigenvalue weighted by Crippen LogP contribution is 2.28. The van der Waals surface area contributed by atoms with Gasteiger partial charge in [0.1, 0.15) is 17.1 Å². The molecule has 7 nitrogen and oxygen atoms in total. The van der Waals surface area contributed by atoms with Crippen LogP contribution < -0.4 is 25.0 Å². The van der Waals surface area contributed by atoms with Gasteiger partial charge in [0.05, 0.1) is 14.2 Å². The largest absolute Gasteiger partial charge is 0.496 e. The van der Waals surface area contributed by atoms with Crippen LogP contribution in [-0.4, -0.2) is 56.3 Å². The molecule has 35 heavy (non-hydrogen) atoms. The quantitative estimate of drug-likeness (QED) is 0.482. The molecule has 0 spiro atoms. The topological polar surface area (TPSA) is 66.1 Å². The van der Waals surface area contributed by atoms with Gasteiger partial charge in [-0.05, 0) is 54.2 Å². The zero-order chi connectivity index (χ0) is 24.6. The zero-order valence-corrected chi connectivity index (χ0v) is 20.8. The fourth-order valence-electron chi connectivity index (χ4n) is 4.16. The molecular weight excluding hydrogens is 460 g/mol. The second-order valence-corrected chi connectivity index (χ2v) is 8.65. The molecule has 8 heteroatoms. The van der Waals surface area contributed by atoms with Crippen molar-refractivity contribution in [3.05, 3.63) is 83.9 Å². The summed E-state index contributed by atoms with van der Waals surface area (Å²) in [4.78, 5) is 17.7. The minimum atomic E-state index is -0.401. The lowest BCUT2D eigenvalue weighted by Gasteiger charge is -2.36. The van der Waals surface area contributed by atoms with Crippen molar-refractivity contribution in [2.45, 2.75) is 6.54 Å². The number of carbonyl (C=O) groups excluding carboxylic acids is 1. The summed E-state index contributed by atoms with van der Waals surface area (Å²) in [5.41, 5.74) is 3.62. The van der Waals surface area contributed by atoms with Gasteiger partial charge in [0, 0.05) is 44.1 Å². The van der Waals surface area contributed by atoms with Crippen LogP contribution in [0.15, 0.2) is 72.8 Å². The fraction of sp³-hybridized carbons (Fsp3) is 0.259. The molecule has 4 rings (SSSR count). The molecule has 3 aromatic rings. The first-order valence-corrected chi connectivity index (χ1v) is 11.9. The second kappa shape index (κ2) is 11.7. The summed E-state index contributed by atoms with van der Waals surface area (Å²) in [5.74, 6) is 0.428. The smallest absolute Gasteiger partial charge is 0.264 e. The molecule has 0 unspecified atom stereocenters. The summed E-state index contributed by atoms with van der Waals surface area (Å²) in [7, 11) is 3.01. The van der Waals surface area contributed by atoms with Crippen molar-refractivity contribution in [2.75, 3.05) is 50.6 Å². The third-order valence-electron chi connectivity index (χ3n) is 5.99. The fourth-order valence-corrected chi connectivity index (χ4v) is 4.37. The number of amides is 1. The van der Waals surface area contributed by atoms with E-state index in [1.165, 1.54) is 25.5 Å². The molecule has 0 aromatic heterocycles. The monoisotopic (exact) mass is 490 g/mol. The molecule has 1 amide bonds. The van der Waals surface area contributed by atoms with Crippen molar-refractivity contribution < 1.29 is 14.3 Å². The number of thiocarbonyl (C=S) groups is 1. The summed E-state index contributed by atoms with van der Waals surface area (Å²) < 4.78 is 10.6. The van der Waals surface area contributed by atoms with Gasteiger partial charge in [-0.15, -0.1) is 0 Å². The van der Waals surface area contributed by atoms with Crippen LogP contribution in [0.5, 0.6) is 11.5 Å². The van der Waals surface area contributed by atoms with Crippen LogP contribution in [0.1, 0.15) is 15.9 Å². The van der Waals surface area contributed by atoms with Crippen LogP contribution in [0.25, 0.3) is 0 Å². The van der Waals surface area contributed by atoms with E-state index in [1.807, 2.05) is 12.1 Å². The van der Waals surface area contributed by atoms with E-state index in [2.05, 4.69) is 62.9 Å². The summed E-state index contributed by atoms with van der Waals surface area (Å²) in [6.07, 6.45) is 0. The zero-order valence-electron chi connectivity index (χ0n) is 20.0. The summed E-state index contributed by atoms with van der Waals surface area (Å²) >= 11 is 5.36. The molecule has 2 N–H and O–H groups in total. The van der Waals surface area contributed by atoms with Gasteiger partial charge in [-0.2, -0.15) is 0 Å². The Bertz CT molecular complexity index is 1120. The van der Waals surface area contributed by atoms with Crippen molar-refractivity contribution in [3.8, 4) is 11.5 Å². The van der Waals surface area contributed by atoms with Crippen molar-refractivity contribution in [2.24, 2.45) is 0 Å². The first-order chi connectivity index (χ1) is 17.1. The number of piperazine rings is 1. The molecule has 3 aromatic carbocycles. The average molecular weight is 491 g/mol. The van der Waals surface area contributed by atoms with E-state index in [1.54, 1.807) is 18.2 Å². The van der Waals surface area contributed by atoms with Crippen LogP contribution in [0, 0.1) is 0 Å². The van der Waals surface area contributed by atoms with E-state index in [9.17, 15) is 4.79 Å². The van der Waals surface area contributed by atoms with Crippen molar-refractivity contribution >= 4 is 34.6 Å². The van der Waals surface area contributed by atoms with Crippen LogP contribution in [0.2, 0.25) is 0 Å². The summed E-state index contributed by atoms with van der Waals surface area (Å²) in [6.45, 7) is 5.00. The summed E-state index contributed by atoms with van der Waals surface area (Å²) in [5, 5.41) is 5.97. The molecule has 1 aliphatic heterocycles. The van der Waals surface area contributed by atoms with Gasteiger partial charge >= 0.3 is 0 Å². The first-order valence-electron chi connectivity index (χ1n) is 11.5. The third kappa shape index (κ3) is 6.29. The number of methoxy groups -OCH3 is 2. The van der Waals surface area contributed by atoms with E-state index >= 15 is 0 Å². The molecule has 0 atom stereocenters. The molecule has 1 fully saturated rings. The highest BCUT2D eigenvalue weighted by Gasteiger charge is 2.20. The Kier molecular flexibility index (Phi) is 8.18. The van der Waals surface area contributed by atoms with Crippen LogP contribution in [-0.2, 0) is 6.54 Å². The number of hydrogen-bond donors (Lipinski definition) is 2. The Morgan fingerprint density at radius 1 is 0.857 bits per heavy atom. The number of carbonyl (C=O) groups is 1. The molecule has 0 saturated carbocycles. The Hall–Kier alpha value is -3.62. The Morgan fingerprint density at radius 2 is 1.49 bits per heavy atom. The number of nitrogens with zero attached hydrogens (tertiary/aromatic N) is 2. The van der Waals surface area contributed by atoms with Gasteiger partial charge in [-0.3, -0.25) is 15.0 Å². The number of hydrogen-bond acceptors (Lipinski definition) is 6. The Morgan fingerprint density at radius 3 is 2.09 bits per heavy atom. The maximum absolute atomic E-state index is 12.8. The van der Waals surface area contributed by atoms with Crippen LogP contribution >= 0.6 is 12.2 Å². The van der Waals surface area contributed by atoms with E-state index in [4.69, 9.17) is 21.7 Å². The van der Waals surface area contributed by atoms with Crippen LogP contribution in [0.4, 0.5) is 11.4 Å². The Labute approximate surface area is 211 Å². The molecule has 1 aliphatic rings. The minimum absolute atomic E-state index is 0.199. The van der Waals surface area contributed by atoms with Gasteiger partial charge in [-0.1, -0.05) is 36.4 Å². The highest BCUT2D eigenvalue weighted by atomic mass is 32.1. The summed E-state index contributed by atoms with van der Waals surface area (Å²) in [6, 6.07) is 23.8. The predicted molar refractivity (Wildman–Crippen MR) is 144 cm³/mol. The standard InChI is InChI=1S/C27H30N4O3S/c1-33-23-9-6-10-24(34-2)25(23)26(32)29-27(35)28-21-11-13-22(14-12-21)31-17-15-30(16-18-31)19-20-7-4-3-5-8-20/h3-14H,15-19H2,1-2H3,(H2,28,29,32,35). The van der Waals surface area contributed by atoms with Gasteiger partial charge in [0.2, 0.25) is 0 Å². The molecule has 1 heterocycles.